The van der Waals surface area contributed by atoms with Gasteiger partial charge in [0.25, 0.3) is 0 Å². The molecule has 2 aromatic rings. The van der Waals surface area contributed by atoms with Gasteiger partial charge < -0.3 is 33.0 Å². The molecule has 0 amide bonds. The molecule has 0 spiro atoms. The summed E-state index contributed by atoms with van der Waals surface area (Å²) in [5.41, 5.74) is 4.49. The average Bonchev–Trinajstić information content (AvgIpc) is 2.59. The fourth-order valence-corrected chi connectivity index (χ4v) is 3.21. The third-order valence-corrected chi connectivity index (χ3v) is 4.64. The van der Waals surface area contributed by atoms with Crippen LogP contribution >= 0.6 is 0 Å². The minimum absolute atomic E-state index is 0. The lowest BCUT2D eigenvalue weighted by atomic mass is 9.97. The highest BCUT2D eigenvalue weighted by Crippen LogP contribution is 2.38. The molecule has 2 nitrogen and oxygen atoms in total. The van der Waals surface area contributed by atoms with E-state index in [2.05, 4.69) is 56.9 Å². The van der Waals surface area contributed by atoms with Gasteiger partial charge in [-0.05, 0) is 18.6 Å². The SMILES string of the molecule is CC1c2c(c3ccccc3n2C)CC[N+]1(C)C.[I-]. The van der Waals surface area contributed by atoms with E-state index in [0.717, 1.165) is 4.48 Å². The second-order valence-electron chi connectivity index (χ2n) is 5.87. The van der Waals surface area contributed by atoms with Crippen LogP contribution in [0.3, 0.4) is 0 Å². The summed E-state index contributed by atoms with van der Waals surface area (Å²) in [7, 11) is 6.89. The number of likely N-dealkylation sites (N-methyl/N-ethyl adjacent to an activating group) is 1. The molecule has 1 aliphatic heterocycles. The maximum absolute atomic E-state index is 2.40. The zero-order valence-electron chi connectivity index (χ0n) is 11.6. The molecular weight excluding hydrogens is 335 g/mol. The molecule has 1 aliphatic rings. The molecule has 3 heteroatoms. The zero-order chi connectivity index (χ0) is 12.2. The van der Waals surface area contributed by atoms with Crippen molar-refractivity contribution in [3.63, 3.8) is 0 Å². The highest BCUT2D eigenvalue weighted by atomic mass is 127. The Hall–Kier alpha value is -0.550. The molecule has 0 fully saturated rings. The number of fused-ring (bicyclic) bond motifs is 3. The number of hydrogen-bond donors (Lipinski definition) is 0. The van der Waals surface area contributed by atoms with Crippen molar-refractivity contribution in [2.45, 2.75) is 19.4 Å². The van der Waals surface area contributed by atoms with E-state index in [1.54, 1.807) is 5.56 Å². The Balaban J connectivity index is 0.00000120. The first-order valence-corrected chi connectivity index (χ1v) is 6.41. The summed E-state index contributed by atoms with van der Waals surface area (Å²) in [4.78, 5) is 0. The molecule has 0 N–H and O–H groups in total. The monoisotopic (exact) mass is 356 g/mol. The number of aryl methyl sites for hydroxylation is 1. The Morgan fingerprint density at radius 2 is 1.89 bits per heavy atom. The molecule has 0 saturated carbocycles. The van der Waals surface area contributed by atoms with Gasteiger partial charge >= 0.3 is 0 Å². The van der Waals surface area contributed by atoms with Crippen molar-refractivity contribution in [2.75, 3.05) is 20.6 Å². The molecule has 98 valence electrons. The van der Waals surface area contributed by atoms with Crippen LogP contribution in [0.4, 0.5) is 0 Å². The lowest BCUT2D eigenvalue weighted by molar-refractivity contribution is -0.921. The van der Waals surface area contributed by atoms with Crippen molar-refractivity contribution in [1.29, 1.82) is 0 Å². The molecule has 18 heavy (non-hydrogen) atoms. The number of para-hydroxylation sites is 1. The molecular formula is C15H21IN2. The maximum atomic E-state index is 2.40. The predicted molar refractivity (Wildman–Crippen MR) is 72.0 cm³/mol. The average molecular weight is 356 g/mol. The number of hydrogen-bond acceptors (Lipinski definition) is 0. The van der Waals surface area contributed by atoms with E-state index >= 15 is 0 Å². The van der Waals surface area contributed by atoms with Gasteiger partial charge in [-0.15, -0.1) is 0 Å². The molecule has 0 bridgehead atoms. The van der Waals surface area contributed by atoms with Gasteiger partial charge in [0.1, 0.15) is 6.04 Å². The number of quaternary nitrogens is 1. The van der Waals surface area contributed by atoms with Crippen LogP contribution in [0.15, 0.2) is 24.3 Å². The fraction of sp³-hybridized carbons (Fsp3) is 0.467. The van der Waals surface area contributed by atoms with E-state index < -0.39 is 0 Å². The lowest BCUT2D eigenvalue weighted by Gasteiger charge is -2.40. The molecule has 2 heterocycles. The lowest BCUT2D eigenvalue weighted by Crippen LogP contribution is -3.00. The fourth-order valence-electron chi connectivity index (χ4n) is 3.21. The summed E-state index contributed by atoms with van der Waals surface area (Å²) in [6.45, 7) is 3.60. The molecule has 1 aromatic carbocycles. The van der Waals surface area contributed by atoms with E-state index in [-0.39, 0.29) is 24.0 Å². The Bertz CT molecular complexity index is 583. The van der Waals surface area contributed by atoms with E-state index in [1.807, 2.05) is 0 Å². The third-order valence-electron chi connectivity index (χ3n) is 4.64. The van der Waals surface area contributed by atoms with E-state index in [9.17, 15) is 0 Å². The Labute approximate surface area is 126 Å². The molecule has 0 radical (unpaired) electrons. The largest absolute Gasteiger partial charge is 1.00 e. The smallest absolute Gasteiger partial charge is 0.127 e. The molecule has 1 atom stereocenters. The number of nitrogens with zero attached hydrogens (tertiary/aromatic N) is 2. The number of halogens is 1. The summed E-state index contributed by atoms with van der Waals surface area (Å²) >= 11 is 0. The van der Waals surface area contributed by atoms with Gasteiger partial charge in [0, 0.05) is 24.4 Å². The van der Waals surface area contributed by atoms with Crippen molar-refractivity contribution in [3.8, 4) is 0 Å². The molecule has 0 saturated heterocycles. The van der Waals surface area contributed by atoms with Crippen molar-refractivity contribution >= 4 is 10.9 Å². The van der Waals surface area contributed by atoms with Gasteiger partial charge in [-0.25, -0.2) is 0 Å². The molecule has 0 aliphatic carbocycles. The van der Waals surface area contributed by atoms with Gasteiger partial charge in [-0.3, -0.25) is 0 Å². The highest BCUT2D eigenvalue weighted by Gasteiger charge is 2.35. The van der Waals surface area contributed by atoms with Crippen molar-refractivity contribution in [3.05, 3.63) is 35.5 Å². The maximum Gasteiger partial charge on any atom is 0.127 e. The summed E-state index contributed by atoms with van der Waals surface area (Å²) < 4.78 is 3.49. The summed E-state index contributed by atoms with van der Waals surface area (Å²) in [5.74, 6) is 0. The van der Waals surface area contributed by atoms with Crippen LogP contribution in [0, 0.1) is 0 Å². The second-order valence-corrected chi connectivity index (χ2v) is 5.87. The van der Waals surface area contributed by atoms with Crippen LogP contribution in [-0.4, -0.2) is 29.7 Å². The van der Waals surface area contributed by atoms with Crippen molar-refractivity contribution in [1.82, 2.24) is 4.57 Å². The molecule has 1 unspecified atom stereocenters. The summed E-state index contributed by atoms with van der Waals surface area (Å²) in [5, 5.41) is 1.46. The predicted octanol–water partition coefficient (Wildman–Crippen LogP) is -0.124. The first-order chi connectivity index (χ1) is 8.02. The first kappa shape index (κ1) is 13.9. The Kier molecular flexibility index (Phi) is 3.49. The van der Waals surface area contributed by atoms with Gasteiger partial charge in [-0.2, -0.15) is 0 Å². The van der Waals surface area contributed by atoms with Gasteiger partial charge in [-0.1, -0.05) is 18.2 Å². The van der Waals surface area contributed by atoms with E-state index in [0.29, 0.717) is 6.04 Å². The number of benzene rings is 1. The quantitative estimate of drug-likeness (QED) is 0.458. The number of rotatable bonds is 0. The summed E-state index contributed by atoms with van der Waals surface area (Å²) in [6.07, 6.45) is 1.20. The van der Waals surface area contributed by atoms with E-state index in [4.69, 9.17) is 0 Å². The van der Waals surface area contributed by atoms with Crippen LogP contribution in [0.1, 0.15) is 24.2 Å². The second kappa shape index (κ2) is 4.53. The van der Waals surface area contributed by atoms with Crippen molar-refractivity contribution in [2.24, 2.45) is 7.05 Å². The van der Waals surface area contributed by atoms with Crippen LogP contribution in [-0.2, 0) is 13.5 Å². The van der Waals surface area contributed by atoms with Crippen LogP contribution in [0.5, 0.6) is 0 Å². The Morgan fingerprint density at radius 3 is 2.61 bits per heavy atom. The molecule has 3 rings (SSSR count). The van der Waals surface area contributed by atoms with Gasteiger partial charge in [0.15, 0.2) is 0 Å². The van der Waals surface area contributed by atoms with Crippen LogP contribution in [0.25, 0.3) is 10.9 Å². The standard InChI is InChI=1S/C15H21N2.HI/c1-11-15-13(9-10-17(11,3)4)12-7-5-6-8-14(12)16(15)2;/h5-8,11H,9-10H2,1-4H3;1H/q+1;/p-1. The first-order valence-electron chi connectivity index (χ1n) is 6.41. The number of aromatic nitrogens is 1. The topological polar surface area (TPSA) is 4.93 Å². The van der Waals surface area contributed by atoms with E-state index in [1.165, 1.54) is 29.6 Å². The minimum Gasteiger partial charge on any atom is -1.00 e. The summed E-state index contributed by atoms with van der Waals surface area (Å²) in [6, 6.07) is 9.38. The molecule has 1 aromatic heterocycles. The van der Waals surface area contributed by atoms with Gasteiger partial charge in [0.05, 0.1) is 26.3 Å². The third kappa shape index (κ3) is 1.79. The van der Waals surface area contributed by atoms with Gasteiger partial charge in [0.2, 0.25) is 0 Å². The van der Waals surface area contributed by atoms with Crippen LogP contribution < -0.4 is 24.0 Å². The van der Waals surface area contributed by atoms with Crippen LogP contribution in [0.2, 0.25) is 0 Å². The normalized spacial score (nSPS) is 21.4. The Morgan fingerprint density at radius 1 is 1.22 bits per heavy atom. The minimum atomic E-state index is 0. The van der Waals surface area contributed by atoms with Crippen molar-refractivity contribution < 1.29 is 28.5 Å². The highest BCUT2D eigenvalue weighted by molar-refractivity contribution is 5.85. The zero-order valence-corrected chi connectivity index (χ0v) is 13.7.